The minimum Gasteiger partial charge on any atom is -0.481 e. The Morgan fingerprint density at radius 2 is 2.06 bits per heavy atom. The molecule has 4 heteroatoms. The molecule has 0 aromatic rings. The monoisotopic (exact) mass is 226 g/mol. The van der Waals surface area contributed by atoms with Crippen molar-refractivity contribution in [2.45, 2.75) is 44.7 Å². The molecule has 3 N–H and O–H groups in total. The lowest BCUT2D eigenvalue weighted by atomic mass is 9.79. The molecule has 0 amide bonds. The molecule has 0 aromatic heterocycles. The second-order valence-corrected chi connectivity index (χ2v) is 5.64. The van der Waals surface area contributed by atoms with Crippen LogP contribution < -0.4 is 5.73 Å². The summed E-state index contributed by atoms with van der Waals surface area (Å²) >= 11 is 0. The third kappa shape index (κ3) is 2.74. The van der Waals surface area contributed by atoms with Gasteiger partial charge in [0.05, 0.1) is 0 Å². The van der Waals surface area contributed by atoms with Crippen molar-refractivity contribution in [2.24, 2.45) is 17.6 Å². The van der Waals surface area contributed by atoms with Gasteiger partial charge in [0.1, 0.15) is 0 Å². The van der Waals surface area contributed by atoms with Crippen molar-refractivity contribution >= 4 is 5.97 Å². The highest BCUT2D eigenvalue weighted by Gasteiger charge is 2.35. The largest absolute Gasteiger partial charge is 0.481 e. The minimum absolute atomic E-state index is 0.161. The van der Waals surface area contributed by atoms with Gasteiger partial charge in [-0.15, -0.1) is 0 Å². The molecule has 2 aliphatic rings. The van der Waals surface area contributed by atoms with E-state index in [9.17, 15) is 4.79 Å². The van der Waals surface area contributed by atoms with Gasteiger partial charge < -0.3 is 10.8 Å². The molecule has 0 radical (unpaired) electrons. The van der Waals surface area contributed by atoms with E-state index < -0.39 is 5.97 Å². The van der Waals surface area contributed by atoms with Crippen LogP contribution in [0.2, 0.25) is 0 Å². The predicted molar refractivity (Wildman–Crippen MR) is 62.1 cm³/mol. The summed E-state index contributed by atoms with van der Waals surface area (Å²) in [5.41, 5.74) is 6.01. The summed E-state index contributed by atoms with van der Waals surface area (Å²) in [6.07, 6.45) is 3.65. The maximum absolute atomic E-state index is 10.7. The number of aliphatic carboxylic acids is 1. The molecule has 0 spiro atoms. The summed E-state index contributed by atoms with van der Waals surface area (Å²) in [4.78, 5) is 13.1. The molecule has 4 nitrogen and oxygen atoms in total. The first-order chi connectivity index (χ1) is 7.54. The fourth-order valence-corrected chi connectivity index (χ4v) is 3.14. The van der Waals surface area contributed by atoms with Gasteiger partial charge >= 0.3 is 5.97 Å². The topological polar surface area (TPSA) is 66.6 Å². The summed E-state index contributed by atoms with van der Waals surface area (Å²) in [5, 5.41) is 8.83. The molecule has 1 saturated carbocycles. The van der Waals surface area contributed by atoms with Gasteiger partial charge in [-0.2, -0.15) is 0 Å². The second kappa shape index (κ2) is 4.72. The standard InChI is InChI=1S/C12H22N2O2/c1-8-2-11(3-8)14-6-9(5-12(15)16)4-10(13)7-14/h8-11H,2-7,13H2,1H3,(H,15,16). The summed E-state index contributed by atoms with van der Waals surface area (Å²) in [6, 6.07) is 0.826. The van der Waals surface area contributed by atoms with Crippen molar-refractivity contribution in [1.29, 1.82) is 0 Å². The molecular formula is C12H22N2O2. The van der Waals surface area contributed by atoms with Gasteiger partial charge in [0.25, 0.3) is 0 Å². The van der Waals surface area contributed by atoms with Crippen LogP contribution in [0.1, 0.15) is 32.6 Å². The van der Waals surface area contributed by atoms with Gasteiger partial charge in [0, 0.05) is 31.6 Å². The Kier molecular flexibility index (Phi) is 3.50. The molecule has 2 rings (SSSR count). The Balaban J connectivity index is 1.87. The zero-order chi connectivity index (χ0) is 11.7. The summed E-state index contributed by atoms with van der Waals surface area (Å²) < 4.78 is 0. The summed E-state index contributed by atoms with van der Waals surface area (Å²) in [7, 11) is 0. The molecule has 1 heterocycles. The SMILES string of the molecule is CC1CC(N2CC(N)CC(CC(=O)O)C2)C1. The smallest absolute Gasteiger partial charge is 0.303 e. The Hall–Kier alpha value is -0.610. The zero-order valence-electron chi connectivity index (χ0n) is 9.93. The summed E-state index contributed by atoms with van der Waals surface area (Å²) in [6.45, 7) is 4.15. The molecular weight excluding hydrogens is 204 g/mol. The molecule has 0 bridgehead atoms. The van der Waals surface area contributed by atoms with E-state index in [4.69, 9.17) is 10.8 Å². The Morgan fingerprint density at radius 3 is 2.62 bits per heavy atom. The molecule has 2 unspecified atom stereocenters. The van der Waals surface area contributed by atoms with E-state index >= 15 is 0 Å². The Labute approximate surface area is 96.8 Å². The third-order valence-electron chi connectivity index (χ3n) is 3.93. The lowest BCUT2D eigenvalue weighted by Crippen LogP contribution is -2.54. The molecule has 2 fully saturated rings. The van der Waals surface area contributed by atoms with Crippen LogP contribution in [0.15, 0.2) is 0 Å². The predicted octanol–water partition coefficient (Wildman–Crippen LogP) is 0.909. The minimum atomic E-state index is -0.693. The van der Waals surface area contributed by atoms with Crippen LogP contribution in [-0.2, 0) is 4.79 Å². The average molecular weight is 226 g/mol. The van der Waals surface area contributed by atoms with Crippen LogP contribution >= 0.6 is 0 Å². The van der Waals surface area contributed by atoms with E-state index in [-0.39, 0.29) is 18.4 Å². The van der Waals surface area contributed by atoms with Crippen LogP contribution in [0.3, 0.4) is 0 Å². The number of nitrogens with zero attached hydrogens (tertiary/aromatic N) is 1. The van der Waals surface area contributed by atoms with E-state index in [1.165, 1.54) is 12.8 Å². The van der Waals surface area contributed by atoms with Gasteiger partial charge in [-0.1, -0.05) is 6.92 Å². The molecule has 92 valence electrons. The number of nitrogens with two attached hydrogens (primary N) is 1. The molecule has 16 heavy (non-hydrogen) atoms. The lowest BCUT2D eigenvalue weighted by molar-refractivity contribution is -0.138. The van der Waals surface area contributed by atoms with E-state index in [2.05, 4.69) is 11.8 Å². The van der Waals surface area contributed by atoms with Crippen molar-refractivity contribution in [3.63, 3.8) is 0 Å². The molecule has 1 aliphatic carbocycles. The fourth-order valence-electron chi connectivity index (χ4n) is 3.14. The average Bonchev–Trinajstić information content (AvgIpc) is 2.10. The highest BCUT2D eigenvalue weighted by Crippen LogP contribution is 2.34. The molecule has 2 atom stereocenters. The first-order valence-corrected chi connectivity index (χ1v) is 6.26. The van der Waals surface area contributed by atoms with Crippen molar-refractivity contribution in [3.05, 3.63) is 0 Å². The first kappa shape index (κ1) is 11.9. The zero-order valence-corrected chi connectivity index (χ0v) is 9.93. The van der Waals surface area contributed by atoms with E-state index in [1.54, 1.807) is 0 Å². The molecule has 1 saturated heterocycles. The number of hydrogen-bond acceptors (Lipinski definition) is 3. The normalized spacial score (nSPS) is 40.4. The van der Waals surface area contributed by atoms with Gasteiger partial charge in [0.2, 0.25) is 0 Å². The van der Waals surface area contributed by atoms with Crippen LogP contribution in [0.5, 0.6) is 0 Å². The highest BCUT2D eigenvalue weighted by molar-refractivity contribution is 5.67. The van der Waals surface area contributed by atoms with Crippen LogP contribution in [-0.4, -0.2) is 41.1 Å². The fraction of sp³-hybridized carbons (Fsp3) is 0.917. The van der Waals surface area contributed by atoms with E-state index in [0.29, 0.717) is 6.04 Å². The van der Waals surface area contributed by atoms with Gasteiger partial charge in [-0.25, -0.2) is 0 Å². The van der Waals surface area contributed by atoms with Crippen molar-refractivity contribution in [2.75, 3.05) is 13.1 Å². The number of rotatable bonds is 3. The van der Waals surface area contributed by atoms with Gasteiger partial charge in [-0.05, 0) is 31.1 Å². The van der Waals surface area contributed by atoms with Crippen LogP contribution in [0.25, 0.3) is 0 Å². The lowest BCUT2D eigenvalue weighted by Gasteiger charge is -2.46. The number of hydrogen-bond donors (Lipinski definition) is 2. The highest BCUT2D eigenvalue weighted by atomic mass is 16.4. The second-order valence-electron chi connectivity index (χ2n) is 5.64. The number of carboxylic acid groups (broad SMARTS) is 1. The van der Waals surface area contributed by atoms with E-state index in [1.807, 2.05) is 0 Å². The quantitative estimate of drug-likeness (QED) is 0.750. The third-order valence-corrected chi connectivity index (χ3v) is 3.93. The number of piperidine rings is 1. The van der Waals surface area contributed by atoms with Crippen LogP contribution in [0, 0.1) is 11.8 Å². The Bertz CT molecular complexity index is 264. The van der Waals surface area contributed by atoms with Crippen molar-refractivity contribution < 1.29 is 9.90 Å². The van der Waals surface area contributed by atoms with Crippen molar-refractivity contribution in [3.8, 4) is 0 Å². The van der Waals surface area contributed by atoms with Crippen molar-refractivity contribution in [1.82, 2.24) is 4.90 Å². The molecule has 0 aromatic carbocycles. The van der Waals surface area contributed by atoms with Crippen LogP contribution in [0.4, 0.5) is 0 Å². The molecule has 1 aliphatic heterocycles. The summed E-state index contributed by atoms with van der Waals surface area (Å²) in [5.74, 6) is 0.388. The first-order valence-electron chi connectivity index (χ1n) is 6.26. The van der Waals surface area contributed by atoms with Gasteiger partial charge in [-0.3, -0.25) is 9.69 Å². The van der Waals surface area contributed by atoms with E-state index in [0.717, 1.165) is 25.4 Å². The van der Waals surface area contributed by atoms with Gasteiger partial charge in [0.15, 0.2) is 0 Å². The number of carboxylic acids is 1. The Morgan fingerprint density at radius 1 is 1.38 bits per heavy atom. The number of likely N-dealkylation sites (tertiary alicyclic amines) is 1. The maximum atomic E-state index is 10.7. The number of carbonyl (C=O) groups is 1. The maximum Gasteiger partial charge on any atom is 0.303 e.